The van der Waals surface area contributed by atoms with E-state index in [1.807, 2.05) is 26.8 Å². The van der Waals surface area contributed by atoms with E-state index in [1.165, 1.54) is 6.20 Å². The van der Waals surface area contributed by atoms with E-state index in [0.29, 0.717) is 25.9 Å². The van der Waals surface area contributed by atoms with Crippen molar-refractivity contribution >= 4 is 50.8 Å². The molecule has 0 aliphatic rings. The van der Waals surface area contributed by atoms with Gasteiger partial charge in [0.25, 0.3) is 0 Å². The number of carboxylic acids is 1. The first-order chi connectivity index (χ1) is 14.1. The minimum atomic E-state index is -1.20. The third-order valence-electron chi connectivity index (χ3n) is 4.60. The summed E-state index contributed by atoms with van der Waals surface area (Å²) in [5.41, 5.74) is 1.96. The Morgan fingerprint density at radius 3 is 2.53 bits per heavy atom. The van der Waals surface area contributed by atoms with E-state index in [-0.39, 0.29) is 22.5 Å². The van der Waals surface area contributed by atoms with Gasteiger partial charge < -0.3 is 20.2 Å². The topological polar surface area (TPSA) is 94.1 Å². The second-order valence-electron chi connectivity index (χ2n) is 7.02. The number of hydrogen-bond donors (Lipinski definition) is 2. The standard InChI is InChI=1S/C20H19BrCl2N4O3/c1-10(2)27-18(17(19(28)29)25-20(27)21)16(15-7-6-13(23)9-26(15)30)24-14-8-12(22)5-4-11(14)3/h4-10,16,24H,1-3H3,(H,28,29). The van der Waals surface area contributed by atoms with Crippen LogP contribution < -0.4 is 10.0 Å². The Balaban J connectivity index is 2.30. The van der Waals surface area contributed by atoms with Crippen LogP contribution in [0.5, 0.6) is 0 Å². The molecule has 0 bridgehead atoms. The Morgan fingerprint density at radius 1 is 1.27 bits per heavy atom. The molecular weight excluding hydrogens is 495 g/mol. The predicted octanol–water partition coefficient (Wildman–Crippen LogP) is 5.37. The van der Waals surface area contributed by atoms with Gasteiger partial charge in [-0.2, -0.15) is 4.73 Å². The number of halogens is 3. The molecule has 1 unspecified atom stereocenters. The largest absolute Gasteiger partial charge is 0.618 e. The lowest BCUT2D eigenvalue weighted by molar-refractivity contribution is -0.614. The molecule has 0 radical (unpaired) electrons. The lowest BCUT2D eigenvalue weighted by Gasteiger charge is -2.24. The van der Waals surface area contributed by atoms with Crippen LogP contribution in [0.3, 0.4) is 0 Å². The summed E-state index contributed by atoms with van der Waals surface area (Å²) >= 11 is 15.5. The molecule has 0 amide bonds. The molecular formula is C20H19BrCl2N4O3. The highest BCUT2D eigenvalue weighted by Crippen LogP contribution is 2.34. The first-order valence-electron chi connectivity index (χ1n) is 9.02. The molecule has 0 aliphatic heterocycles. The van der Waals surface area contributed by atoms with Gasteiger partial charge >= 0.3 is 5.97 Å². The number of carbonyl (C=O) groups is 1. The van der Waals surface area contributed by atoms with Crippen LogP contribution in [0, 0.1) is 12.1 Å². The van der Waals surface area contributed by atoms with E-state index in [9.17, 15) is 15.1 Å². The molecule has 2 heterocycles. The van der Waals surface area contributed by atoms with Crippen LogP contribution in [0.15, 0.2) is 41.3 Å². The van der Waals surface area contributed by atoms with Crippen molar-refractivity contribution in [2.45, 2.75) is 32.9 Å². The summed E-state index contributed by atoms with van der Waals surface area (Å²) in [6, 6.07) is 7.48. The summed E-state index contributed by atoms with van der Waals surface area (Å²) in [5, 5.41) is 26.6. The third kappa shape index (κ3) is 4.40. The molecule has 158 valence electrons. The smallest absolute Gasteiger partial charge is 0.356 e. The summed E-state index contributed by atoms with van der Waals surface area (Å²) in [6.07, 6.45) is 1.22. The van der Waals surface area contributed by atoms with Gasteiger partial charge in [-0.3, -0.25) is 0 Å². The van der Waals surface area contributed by atoms with Crippen molar-refractivity contribution in [3.63, 3.8) is 0 Å². The molecule has 2 N–H and O–H groups in total. The third-order valence-corrected chi connectivity index (χ3v) is 5.62. The maximum atomic E-state index is 12.7. The fourth-order valence-corrected chi connectivity index (χ4v) is 4.32. The van der Waals surface area contributed by atoms with Gasteiger partial charge in [-0.15, -0.1) is 0 Å². The molecule has 3 rings (SSSR count). The Hall–Kier alpha value is -2.29. The van der Waals surface area contributed by atoms with Gasteiger partial charge in [0.05, 0.1) is 5.69 Å². The lowest BCUT2D eigenvalue weighted by atomic mass is 10.0. The van der Waals surface area contributed by atoms with Crippen molar-refractivity contribution in [1.82, 2.24) is 9.55 Å². The summed E-state index contributed by atoms with van der Waals surface area (Å²) < 4.78 is 2.71. The molecule has 7 nitrogen and oxygen atoms in total. The van der Waals surface area contributed by atoms with Crippen LogP contribution >= 0.6 is 39.1 Å². The Bertz CT molecular complexity index is 1120. The molecule has 3 aromatic rings. The second kappa shape index (κ2) is 8.83. The molecule has 0 spiro atoms. The molecule has 0 aliphatic carbocycles. The maximum absolute atomic E-state index is 12.7. The molecule has 2 aromatic heterocycles. The predicted molar refractivity (Wildman–Crippen MR) is 119 cm³/mol. The minimum absolute atomic E-state index is 0.132. The van der Waals surface area contributed by atoms with E-state index in [1.54, 1.807) is 28.8 Å². The fourth-order valence-electron chi connectivity index (χ4n) is 3.22. The van der Waals surface area contributed by atoms with Crippen molar-refractivity contribution in [3.05, 3.63) is 79.2 Å². The number of hydrogen-bond acceptors (Lipinski definition) is 4. The maximum Gasteiger partial charge on any atom is 0.356 e. The summed E-state index contributed by atoms with van der Waals surface area (Å²) in [5.74, 6) is -1.20. The summed E-state index contributed by atoms with van der Waals surface area (Å²) in [7, 11) is 0. The quantitative estimate of drug-likeness (QED) is 0.341. The number of pyridine rings is 1. The van der Waals surface area contributed by atoms with E-state index in [4.69, 9.17) is 23.2 Å². The number of aromatic carboxylic acids is 1. The first kappa shape index (κ1) is 22.4. The average Bonchev–Trinajstić information content (AvgIpc) is 3.00. The van der Waals surface area contributed by atoms with Gasteiger partial charge in [0, 0.05) is 22.8 Å². The SMILES string of the molecule is Cc1ccc(Cl)cc1NC(c1c(C(=O)O)nc(Br)n1C(C)C)c1ccc(Cl)c[n+]1[O-]. The number of aryl methyl sites for hydroxylation is 1. The first-order valence-corrected chi connectivity index (χ1v) is 10.6. The molecule has 0 fully saturated rings. The normalized spacial score (nSPS) is 12.2. The zero-order valence-corrected chi connectivity index (χ0v) is 19.5. The number of aromatic nitrogens is 3. The second-order valence-corrected chi connectivity index (χ2v) is 8.60. The highest BCUT2D eigenvalue weighted by molar-refractivity contribution is 9.10. The highest BCUT2D eigenvalue weighted by Gasteiger charge is 2.34. The van der Waals surface area contributed by atoms with E-state index in [2.05, 4.69) is 26.2 Å². The number of nitrogens with one attached hydrogen (secondary N) is 1. The van der Waals surface area contributed by atoms with Gasteiger partial charge in [0.1, 0.15) is 5.02 Å². The van der Waals surface area contributed by atoms with Crippen LogP contribution in [0.2, 0.25) is 10.0 Å². The number of rotatable bonds is 6. The zero-order valence-electron chi connectivity index (χ0n) is 16.4. The van der Waals surface area contributed by atoms with Gasteiger partial charge in [-0.05, 0) is 60.5 Å². The molecule has 10 heteroatoms. The van der Waals surface area contributed by atoms with Crippen LogP contribution in [-0.4, -0.2) is 20.6 Å². The van der Waals surface area contributed by atoms with Crippen LogP contribution in [0.4, 0.5) is 5.69 Å². The monoisotopic (exact) mass is 512 g/mol. The number of imidazole rings is 1. The number of nitrogens with zero attached hydrogens (tertiary/aromatic N) is 3. The van der Waals surface area contributed by atoms with Gasteiger partial charge in [0.2, 0.25) is 5.69 Å². The van der Waals surface area contributed by atoms with Crippen molar-refractivity contribution in [2.75, 3.05) is 5.32 Å². The van der Waals surface area contributed by atoms with Crippen LogP contribution in [0.25, 0.3) is 0 Å². The van der Waals surface area contributed by atoms with Crippen molar-refractivity contribution < 1.29 is 14.6 Å². The summed E-state index contributed by atoms with van der Waals surface area (Å²) in [4.78, 5) is 16.2. The number of carboxylic acid groups (broad SMARTS) is 1. The van der Waals surface area contributed by atoms with Crippen LogP contribution in [-0.2, 0) is 0 Å². The highest BCUT2D eigenvalue weighted by atomic mass is 79.9. The lowest BCUT2D eigenvalue weighted by Crippen LogP contribution is -2.37. The Kier molecular flexibility index (Phi) is 6.59. The summed E-state index contributed by atoms with van der Waals surface area (Å²) in [6.45, 7) is 5.68. The average molecular weight is 514 g/mol. The Morgan fingerprint density at radius 2 is 1.93 bits per heavy atom. The molecule has 1 aromatic carbocycles. The molecule has 1 atom stereocenters. The van der Waals surface area contributed by atoms with Gasteiger partial charge in [0.15, 0.2) is 22.7 Å². The zero-order chi connectivity index (χ0) is 22.2. The fraction of sp³-hybridized carbons (Fsp3) is 0.250. The van der Waals surface area contributed by atoms with Gasteiger partial charge in [-0.25, -0.2) is 9.78 Å². The van der Waals surface area contributed by atoms with Gasteiger partial charge in [-0.1, -0.05) is 29.3 Å². The van der Waals surface area contributed by atoms with E-state index in [0.717, 1.165) is 5.56 Å². The molecule has 0 saturated carbocycles. The minimum Gasteiger partial charge on any atom is -0.618 e. The molecule has 30 heavy (non-hydrogen) atoms. The number of benzene rings is 1. The van der Waals surface area contributed by atoms with Crippen molar-refractivity contribution in [3.8, 4) is 0 Å². The van der Waals surface area contributed by atoms with E-state index >= 15 is 0 Å². The van der Waals surface area contributed by atoms with Crippen molar-refractivity contribution in [1.29, 1.82) is 0 Å². The van der Waals surface area contributed by atoms with Crippen molar-refractivity contribution in [2.24, 2.45) is 0 Å². The van der Waals surface area contributed by atoms with E-state index < -0.39 is 12.0 Å². The Labute approximate surface area is 192 Å². The van der Waals surface area contributed by atoms with Crippen LogP contribution in [0.1, 0.15) is 53.4 Å². The molecule has 0 saturated heterocycles. The number of anilines is 1.